The highest BCUT2D eigenvalue weighted by Crippen LogP contribution is 2.36. The number of hydrogen-bond donors (Lipinski definition) is 1. The zero-order valence-corrected chi connectivity index (χ0v) is 21.2. The summed E-state index contributed by atoms with van der Waals surface area (Å²) in [6.07, 6.45) is 12.3. The van der Waals surface area contributed by atoms with Crippen molar-refractivity contribution in [2.24, 2.45) is 5.92 Å². The minimum absolute atomic E-state index is 0.0218. The number of aromatic nitrogens is 5. The standard InChI is InChI=1S/C28H29N7O3/c1-19(36)33-23-8-6-20(7-9-23)14-26(37)38-18-34-13-11-24-27(30-17-31-28(24)34)22-15-32-35(16-22)25(10-12-29)21-4-2-3-5-21/h6-9,11,13,15-17,21,25H,2-5,10,14,18H2,1H3,(H,33,36)/t25-/m1/s1. The summed E-state index contributed by atoms with van der Waals surface area (Å²) < 4.78 is 9.19. The molecule has 0 unspecified atom stereocenters. The lowest BCUT2D eigenvalue weighted by atomic mass is 9.96. The van der Waals surface area contributed by atoms with Crippen molar-refractivity contribution >= 4 is 28.6 Å². The zero-order valence-electron chi connectivity index (χ0n) is 21.2. The van der Waals surface area contributed by atoms with E-state index in [2.05, 4.69) is 26.5 Å². The fraction of sp³-hybridized carbons (Fsp3) is 0.357. The van der Waals surface area contributed by atoms with Gasteiger partial charge in [-0.3, -0.25) is 18.8 Å². The van der Waals surface area contributed by atoms with Crippen LogP contribution in [0.5, 0.6) is 0 Å². The predicted molar refractivity (Wildman–Crippen MR) is 141 cm³/mol. The van der Waals surface area contributed by atoms with Crippen molar-refractivity contribution in [2.45, 2.75) is 58.2 Å². The molecule has 0 saturated heterocycles. The molecule has 1 amide bonds. The van der Waals surface area contributed by atoms with Crippen LogP contribution in [0.3, 0.4) is 0 Å². The van der Waals surface area contributed by atoms with Crippen molar-refractivity contribution < 1.29 is 14.3 Å². The second kappa shape index (κ2) is 11.3. The molecule has 1 saturated carbocycles. The number of amides is 1. The van der Waals surface area contributed by atoms with E-state index in [-0.39, 0.29) is 31.1 Å². The number of fused-ring (bicyclic) bond motifs is 1. The van der Waals surface area contributed by atoms with Gasteiger partial charge in [0.2, 0.25) is 5.91 Å². The molecule has 1 aromatic carbocycles. The van der Waals surface area contributed by atoms with Crippen LogP contribution in [0.1, 0.15) is 50.6 Å². The van der Waals surface area contributed by atoms with Gasteiger partial charge in [-0.05, 0) is 42.5 Å². The summed E-state index contributed by atoms with van der Waals surface area (Å²) in [4.78, 5) is 32.5. The molecule has 3 aromatic heterocycles. The summed E-state index contributed by atoms with van der Waals surface area (Å²) in [6.45, 7) is 1.47. The molecule has 1 aliphatic carbocycles. The van der Waals surface area contributed by atoms with Gasteiger partial charge in [-0.25, -0.2) is 9.97 Å². The van der Waals surface area contributed by atoms with Crippen molar-refractivity contribution in [1.29, 1.82) is 5.26 Å². The quantitative estimate of drug-likeness (QED) is 0.324. The average Bonchev–Trinajstić information content (AvgIpc) is 3.68. The molecule has 0 aliphatic heterocycles. The third kappa shape index (κ3) is 5.57. The minimum atomic E-state index is -0.370. The third-order valence-electron chi connectivity index (χ3n) is 7.00. The largest absolute Gasteiger partial charge is 0.444 e. The second-order valence-corrected chi connectivity index (χ2v) is 9.63. The van der Waals surface area contributed by atoms with Crippen LogP contribution < -0.4 is 5.32 Å². The van der Waals surface area contributed by atoms with Crippen LogP contribution >= 0.6 is 0 Å². The van der Waals surface area contributed by atoms with E-state index in [0.717, 1.165) is 35.0 Å². The van der Waals surface area contributed by atoms with Gasteiger partial charge in [0.1, 0.15) is 12.0 Å². The summed E-state index contributed by atoms with van der Waals surface area (Å²) >= 11 is 0. The van der Waals surface area contributed by atoms with Crippen molar-refractivity contribution in [3.05, 3.63) is 60.8 Å². The smallest absolute Gasteiger partial charge is 0.311 e. The predicted octanol–water partition coefficient (Wildman–Crippen LogP) is 4.64. The number of rotatable bonds is 9. The van der Waals surface area contributed by atoms with Crippen LogP contribution in [0.2, 0.25) is 0 Å². The maximum absolute atomic E-state index is 12.5. The Labute approximate surface area is 220 Å². The molecule has 0 radical (unpaired) electrons. The first kappa shape index (κ1) is 25.1. The van der Waals surface area contributed by atoms with Crippen LogP contribution in [0.15, 0.2) is 55.2 Å². The van der Waals surface area contributed by atoms with E-state index >= 15 is 0 Å². The number of nitrogens with one attached hydrogen (secondary N) is 1. The highest BCUT2D eigenvalue weighted by atomic mass is 16.5. The number of anilines is 1. The molecule has 0 spiro atoms. The molecule has 0 bridgehead atoms. The van der Waals surface area contributed by atoms with Gasteiger partial charge in [-0.2, -0.15) is 10.4 Å². The second-order valence-electron chi connectivity index (χ2n) is 9.63. The van der Waals surface area contributed by atoms with E-state index in [9.17, 15) is 14.9 Å². The van der Waals surface area contributed by atoms with Gasteiger partial charge in [0.05, 0.1) is 36.8 Å². The van der Waals surface area contributed by atoms with Crippen LogP contribution in [-0.2, 0) is 27.5 Å². The molecule has 1 fully saturated rings. The van der Waals surface area contributed by atoms with Gasteiger partial charge >= 0.3 is 5.97 Å². The maximum atomic E-state index is 12.5. The van der Waals surface area contributed by atoms with E-state index in [0.29, 0.717) is 23.7 Å². The topological polar surface area (TPSA) is 128 Å². The minimum Gasteiger partial charge on any atom is -0.444 e. The molecular weight excluding hydrogens is 482 g/mol. The molecule has 38 heavy (non-hydrogen) atoms. The van der Waals surface area contributed by atoms with E-state index in [4.69, 9.17) is 4.74 Å². The van der Waals surface area contributed by atoms with Gasteiger partial charge in [0.25, 0.3) is 0 Å². The van der Waals surface area contributed by atoms with E-state index in [1.165, 1.54) is 26.1 Å². The molecular formula is C28H29N7O3. The van der Waals surface area contributed by atoms with Gasteiger partial charge in [-0.15, -0.1) is 0 Å². The Bertz CT molecular complexity index is 1480. The maximum Gasteiger partial charge on any atom is 0.311 e. The number of carbonyl (C=O) groups excluding carboxylic acids is 2. The summed E-state index contributed by atoms with van der Waals surface area (Å²) in [7, 11) is 0. The summed E-state index contributed by atoms with van der Waals surface area (Å²) in [5.41, 5.74) is 3.71. The molecule has 5 rings (SSSR count). The Morgan fingerprint density at radius 1 is 1.18 bits per heavy atom. The molecule has 10 nitrogen and oxygen atoms in total. The summed E-state index contributed by atoms with van der Waals surface area (Å²) in [5.74, 6) is -0.0481. The number of carbonyl (C=O) groups is 2. The lowest BCUT2D eigenvalue weighted by Crippen LogP contribution is -2.17. The van der Waals surface area contributed by atoms with Crippen molar-refractivity contribution in [2.75, 3.05) is 5.32 Å². The lowest BCUT2D eigenvalue weighted by Gasteiger charge is -2.21. The number of ether oxygens (including phenoxy) is 1. The molecule has 1 N–H and O–H groups in total. The summed E-state index contributed by atoms with van der Waals surface area (Å²) in [5, 5.41) is 17.5. The van der Waals surface area contributed by atoms with E-state index in [1.807, 2.05) is 23.1 Å². The highest BCUT2D eigenvalue weighted by Gasteiger charge is 2.27. The first-order valence-corrected chi connectivity index (χ1v) is 12.8. The number of nitrogens with zero attached hydrogens (tertiary/aromatic N) is 6. The summed E-state index contributed by atoms with van der Waals surface area (Å²) in [6, 6.07) is 11.4. The Hall–Kier alpha value is -4.52. The normalized spacial score (nSPS) is 14.3. The SMILES string of the molecule is CC(=O)Nc1ccc(CC(=O)OCn2ccc3c(-c4cnn([C@H](CC#N)C5CCCC5)c4)ncnc32)cc1. The molecule has 194 valence electrons. The van der Waals surface area contributed by atoms with Crippen LogP contribution in [0.25, 0.3) is 22.3 Å². The first-order valence-electron chi connectivity index (χ1n) is 12.8. The highest BCUT2D eigenvalue weighted by molar-refractivity contribution is 5.90. The van der Waals surface area contributed by atoms with Crippen molar-refractivity contribution in [3.63, 3.8) is 0 Å². The Morgan fingerprint density at radius 2 is 1.97 bits per heavy atom. The molecule has 10 heteroatoms. The number of esters is 1. The molecule has 1 atom stereocenters. The first-order chi connectivity index (χ1) is 18.5. The molecule has 4 aromatic rings. The third-order valence-corrected chi connectivity index (χ3v) is 7.00. The number of nitriles is 1. The van der Waals surface area contributed by atoms with Gasteiger partial charge < -0.3 is 10.1 Å². The van der Waals surface area contributed by atoms with Crippen LogP contribution in [0.4, 0.5) is 5.69 Å². The molecule has 3 heterocycles. The van der Waals surface area contributed by atoms with Crippen LogP contribution in [-0.4, -0.2) is 36.2 Å². The van der Waals surface area contributed by atoms with Crippen LogP contribution in [0, 0.1) is 17.2 Å². The molecule has 1 aliphatic rings. The number of benzene rings is 1. The number of hydrogen-bond acceptors (Lipinski definition) is 7. The Kier molecular flexibility index (Phi) is 7.45. The van der Waals surface area contributed by atoms with Crippen molar-refractivity contribution in [1.82, 2.24) is 24.3 Å². The van der Waals surface area contributed by atoms with Gasteiger partial charge in [-0.1, -0.05) is 25.0 Å². The fourth-order valence-corrected chi connectivity index (χ4v) is 5.16. The monoisotopic (exact) mass is 511 g/mol. The fourth-order valence-electron chi connectivity index (χ4n) is 5.16. The van der Waals surface area contributed by atoms with Gasteiger partial charge in [0.15, 0.2) is 6.73 Å². The van der Waals surface area contributed by atoms with Gasteiger partial charge in [0, 0.05) is 36.0 Å². The van der Waals surface area contributed by atoms with E-state index < -0.39 is 0 Å². The van der Waals surface area contributed by atoms with E-state index in [1.54, 1.807) is 35.0 Å². The average molecular weight is 512 g/mol. The Balaban J connectivity index is 1.27. The Morgan fingerprint density at radius 3 is 2.71 bits per heavy atom. The lowest BCUT2D eigenvalue weighted by molar-refractivity contribution is -0.146. The zero-order chi connectivity index (χ0) is 26.5. The van der Waals surface area contributed by atoms with Crippen molar-refractivity contribution in [3.8, 4) is 17.3 Å².